The van der Waals surface area contributed by atoms with Crippen molar-refractivity contribution in [3.63, 3.8) is 0 Å². The molecule has 0 radical (unpaired) electrons. The summed E-state index contributed by atoms with van der Waals surface area (Å²) in [5.74, 6) is 0.883. The van der Waals surface area contributed by atoms with Crippen LogP contribution >= 0.6 is 0 Å². The van der Waals surface area contributed by atoms with Crippen LogP contribution in [0.5, 0.6) is 0 Å². The number of amides is 1. The van der Waals surface area contributed by atoms with E-state index in [-0.39, 0.29) is 5.91 Å². The second kappa shape index (κ2) is 8.05. The number of hydrogen-bond acceptors (Lipinski definition) is 3. The molecule has 5 heteroatoms. The van der Waals surface area contributed by atoms with E-state index in [9.17, 15) is 4.79 Å². The molecule has 140 valence electrons. The summed E-state index contributed by atoms with van der Waals surface area (Å²) in [6.45, 7) is 2.44. The molecule has 2 aromatic heterocycles. The van der Waals surface area contributed by atoms with Crippen molar-refractivity contribution in [2.24, 2.45) is 0 Å². The summed E-state index contributed by atoms with van der Waals surface area (Å²) in [7, 11) is 0. The number of aryl methyl sites for hydroxylation is 2. The van der Waals surface area contributed by atoms with Crippen LogP contribution in [0.3, 0.4) is 0 Å². The first-order chi connectivity index (χ1) is 13.7. The molecule has 0 saturated carbocycles. The molecule has 2 heterocycles. The van der Waals surface area contributed by atoms with Gasteiger partial charge in [-0.3, -0.25) is 14.3 Å². The molecular weight excluding hydrogens is 348 g/mol. The zero-order valence-electron chi connectivity index (χ0n) is 15.8. The fraction of sp³-hybridized carbons (Fsp3) is 0.174. The van der Waals surface area contributed by atoms with Crippen LogP contribution in [0, 0.1) is 6.92 Å². The van der Waals surface area contributed by atoms with E-state index in [0.29, 0.717) is 19.4 Å². The van der Waals surface area contributed by atoms with Gasteiger partial charge in [0.1, 0.15) is 5.82 Å². The van der Waals surface area contributed by atoms with Gasteiger partial charge in [-0.05, 0) is 42.8 Å². The fourth-order valence-corrected chi connectivity index (χ4v) is 3.31. The number of rotatable bonds is 6. The first kappa shape index (κ1) is 17.9. The van der Waals surface area contributed by atoms with E-state index in [0.717, 1.165) is 33.8 Å². The Hall–Kier alpha value is -3.47. The molecule has 0 aliphatic heterocycles. The normalized spacial score (nSPS) is 10.9. The fourth-order valence-electron chi connectivity index (χ4n) is 3.31. The first-order valence-electron chi connectivity index (χ1n) is 9.41. The molecule has 0 atom stereocenters. The van der Waals surface area contributed by atoms with Gasteiger partial charge in [-0.2, -0.15) is 0 Å². The third-order valence-electron chi connectivity index (χ3n) is 4.79. The minimum absolute atomic E-state index is 0.00304. The molecule has 0 aliphatic rings. The smallest absolute Gasteiger partial charge is 0.220 e. The maximum Gasteiger partial charge on any atom is 0.220 e. The molecule has 1 amide bonds. The van der Waals surface area contributed by atoms with Gasteiger partial charge < -0.3 is 5.32 Å². The van der Waals surface area contributed by atoms with Crippen molar-refractivity contribution in [2.75, 3.05) is 0 Å². The summed E-state index contributed by atoms with van der Waals surface area (Å²) in [5, 5.41) is 2.96. The molecule has 2 aromatic carbocycles. The Morgan fingerprint density at radius 3 is 2.61 bits per heavy atom. The number of pyridine rings is 1. The van der Waals surface area contributed by atoms with E-state index in [1.807, 2.05) is 55.5 Å². The molecular formula is C23H22N4O. The number of benzene rings is 2. The van der Waals surface area contributed by atoms with Crippen LogP contribution in [-0.2, 0) is 17.8 Å². The molecule has 0 unspecified atom stereocenters. The summed E-state index contributed by atoms with van der Waals surface area (Å²) < 4.78 is 2.13. The van der Waals surface area contributed by atoms with Crippen LogP contribution in [-0.4, -0.2) is 20.4 Å². The van der Waals surface area contributed by atoms with Crippen molar-refractivity contribution in [3.05, 3.63) is 90.0 Å². The lowest BCUT2D eigenvalue weighted by Gasteiger charge is -2.10. The second-order valence-electron chi connectivity index (χ2n) is 6.73. The van der Waals surface area contributed by atoms with Crippen LogP contribution in [0.15, 0.2) is 72.9 Å². The van der Waals surface area contributed by atoms with Crippen LogP contribution < -0.4 is 5.32 Å². The van der Waals surface area contributed by atoms with Crippen molar-refractivity contribution < 1.29 is 4.79 Å². The highest BCUT2D eigenvalue weighted by Crippen LogP contribution is 2.22. The number of hydrogen-bond donors (Lipinski definition) is 1. The lowest BCUT2D eigenvalue weighted by atomic mass is 10.2. The predicted octanol–water partition coefficient (Wildman–Crippen LogP) is 3.98. The van der Waals surface area contributed by atoms with Gasteiger partial charge in [-0.15, -0.1) is 0 Å². The molecule has 28 heavy (non-hydrogen) atoms. The molecule has 1 N–H and O–H groups in total. The highest BCUT2D eigenvalue weighted by molar-refractivity contribution is 5.79. The SMILES string of the molecule is Cc1cccnc1CNC(=O)CCc1nc2ccccc2n1-c1ccccc1. The highest BCUT2D eigenvalue weighted by Gasteiger charge is 2.13. The van der Waals surface area contributed by atoms with Crippen LogP contribution in [0.2, 0.25) is 0 Å². The van der Waals surface area contributed by atoms with Crippen LogP contribution in [0.4, 0.5) is 0 Å². The van der Waals surface area contributed by atoms with Gasteiger partial charge in [0, 0.05) is 24.7 Å². The van der Waals surface area contributed by atoms with Crippen molar-refractivity contribution in [3.8, 4) is 5.69 Å². The minimum atomic E-state index is -0.00304. The topological polar surface area (TPSA) is 59.8 Å². The Kier molecular flexibility index (Phi) is 5.15. The van der Waals surface area contributed by atoms with Gasteiger partial charge in [0.05, 0.1) is 23.3 Å². The average molecular weight is 370 g/mol. The van der Waals surface area contributed by atoms with Gasteiger partial charge in [-0.1, -0.05) is 36.4 Å². The number of fused-ring (bicyclic) bond motifs is 1. The quantitative estimate of drug-likeness (QED) is 0.558. The standard InChI is InChI=1S/C23H22N4O/c1-17-8-7-15-24-20(17)16-25-23(28)14-13-22-26-19-11-5-6-12-21(19)27(22)18-9-3-2-4-10-18/h2-12,15H,13-14,16H2,1H3,(H,25,28). The number of carbonyl (C=O) groups excluding carboxylic acids is 1. The lowest BCUT2D eigenvalue weighted by molar-refractivity contribution is -0.121. The van der Waals surface area contributed by atoms with E-state index in [2.05, 4.69) is 33.1 Å². The molecule has 0 spiro atoms. The zero-order chi connectivity index (χ0) is 19.3. The maximum absolute atomic E-state index is 12.4. The maximum atomic E-state index is 12.4. The van der Waals surface area contributed by atoms with Gasteiger partial charge >= 0.3 is 0 Å². The van der Waals surface area contributed by atoms with Crippen LogP contribution in [0.25, 0.3) is 16.7 Å². The summed E-state index contributed by atoms with van der Waals surface area (Å²) in [6.07, 6.45) is 2.69. The summed E-state index contributed by atoms with van der Waals surface area (Å²) >= 11 is 0. The van der Waals surface area contributed by atoms with Gasteiger partial charge in [0.2, 0.25) is 5.91 Å². The number of para-hydroxylation sites is 3. The van der Waals surface area contributed by atoms with Crippen molar-refractivity contribution in [2.45, 2.75) is 26.3 Å². The van der Waals surface area contributed by atoms with Gasteiger partial charge in [0.25, 0.3) is 0 Å². The molecule has 4 aromatic rings. The Bertz CT molecular complexity index is 1100. The largest absolute Gasteiger partial charge is 0.350 e. The van der Waals surface area contributed by atoms with Crippen molar-refractivity contribution in [1.29, 1.82) is 0 Å². The number of aromatic nitrogens is 3. The third kappa shape index (κ3) is 3.78. The Balaban J connectivity index is 1.50. The van der Waals surface area contributed by atoms with Gasteiger partial charge in [0.15, 0.2) is 0 Å². The summed E-state index contributed by atoms with van der Waals surface area (Å²) in [6, 6.07) is 22.1. The minimum Gasteiger partial charge on any atom is -0.350 e. The average Bonchev–Trinajstić information content (AvgIpc) is 3.10. The molecule has 5 nitrogen and oxygen atoms in total. The third-order valence-corrected chi connectivity index (χ3v) is 4.79. The first-order valence-corrected chi connectivity index (χ1v) is 9.41. The zero-order valence-corrected chi connectivity index (χ0v) is 15.8. The summed E-state index contributed by atoms with van der Waals surface area (Å²) in [4.78, 5) is 21.5. The van der Waals surface area contributed by atoms with E-state index >= 15 is 0 Å². The Morgan fingerprint density at radius 2 is 1.79 bits per heavy atom. The second-order valence-corrected chi connectivity index (χ2v) is 6.73. The van der Waals surface area contributed by atoms with E-state index in [1.165, 1.54) is 0 Å². The molecule has 0 fully saturated rings. The number of nitrogens with one attached hydrogen (secondary N) is 1. The molecule has 0 bridgehead atoms. The molecule has 4 rings (SSSR count). The monoisotopic (exact) mass is 370 g/mol. The van der Waals surface area contributed by atoms with E-state index in [1.54, 1.807) is 6.20 Å². The van der Waals surface area contributed by atoms with Crippen molar-refractivity contribution in [1.82, 2.24) is 19.9 Å². The Morgan fingerprint density at radius 1 is 1.00 bits per heavy atom. The Labute approximate surface area is 164 Å². The number of carbonyl (C=O) groups is 1. The summed E-state index contributed by atoms with van der Waals surface area (Å²) in [5.41, 5.74) is 5.01. The molecule has 0 saturated heterocycles. The predicted molar refractivity (Wildman–Crippen MR) is 110 cm³/mol. The lowest BCUT2D eigenvalue weighted by Crippen LogP contribution is -2.24. The van der Waals surface area contributed by atoms with Gasteiger partial charge in [-0.25, -0.2) is 4.98 Å². The number of nitrogens with zero attached hydrogens (tertiary/aromatic N) is 3. The molecule has 0 aliphatic carbocycles. The van der Waals surface area contributed by atoms with Crippen LogP contribution in [0.1, 0.15) is 23.5 Å². The highest BCUT2D eigenvalue weighted by atomic mass is 16.1. The number of imidazole rings is 1. The van der Waals surface area contributed by atoms with Crippen molar-refractivity contribution >= 4 is 16.9 Å². The van der Waals surface area contributed by atoms with E-state index in [4.69, 9.17) is 4.98 Å². The van der Waals surface area contributed by atoms with E-state index < -0.39 is 0 Å².